The Bertz CT molecular complexity index is 3920. The number of carbonyl (C=O) groups excluding carboxylic acids is 2. The van der Waals surface area contributed by atoms with Crippen molar-refractivity contribution in [3.63, 3.8) is 0 Å². The van der Waals surface area contributed by atoms with Gasteiger partial charge in [0.2, 0.25) is 0 Å². The van der Waals surface area contributed by atoms with Crippen molar-refractivity contribution in [3.05, 3.63) is 117 Å². The molecule has 0 atom stereocenters. The lowest BCUT2D eigenvalue weighted by molar-refractivity contribution is 0.0921. The van der Waals surface area contributed by atoms with Crippen molar-refractivity contribution in [2.24, 2.45) is 0 Å². The smallest absolute Gasteiger partial charge is 0.267 e. The molecular weight excluding hydrogens is 811 g/mol. The summed E-state index contributed by atoms with van der Waals surface area (Å²) in [5, 5.41) is 12.5. The molecule has 0 saturated carbocycles. The molecule has 308 valence electrons. The second kappa shape index (κ2) is 14.1. The first-order chi connectivity index (χ1) is 30.0. The fraction of sp³-hybridized carbons (Fsp3) is 0.191. The van der Waals surface area contributed by atoms with Crippen molar-refractivity contribution in [2.45, 2.75) is 19.8 Å². The Balaban J connectivity index is 1.03. The lowest BCUT2D eigenvalue weighted by Crippen LogP contribution is -2.27. The number of ether oxygens (including phenoxy) is 2. The van der Waals surface area contributed by atoms with E-state index in [-0.39, 0.29) is 36.7 Å². The number of rotatable bonds is 13. The van der Waals surface area contributed by atoms with Gasteiger partial charge in [0, 0.05) is 69.6 Å². The number of hydrogen-bond acceptors (Lipinski definition) is 10. The van der Waals surface area contributed by atoms with Crippen LogP contribution in [0.4, 0.5) is 0 Å². The normalized spacial score (nSPS) is 12.7. The van der Waals surface area contributed by atoms with E-state index in [1.807, 2.05) is 49.4 Å². The van der Waals surface area contributed by atoms with E-state index >= 15 is 0 Å². The van der Waals surface area contributed by atoms with Crippen LogP contribution in [0.1, 0.15) is 40.5 Å². The van der Waals surface area contributed by atoms with Crippen LogP contribution in [0.25, 0.3) is 98.0 Å². The molecule has 7 aromatic carbocycles. The average molecular weight is 846 g/mol. The molecule has 4 heterocycles. The average Bonchev–Trinajstić information content (AvgIpc) is 3.85. The lowest BCUT2D eigenvalue weighted by Gasteiger charge is -2.18. The van der Waals surface area contributed by atoms with Crippen LogP contribution in [0.2, 0.25) is 0 Å². The molecule has 0 bridgehead atoms. The molecule has 62 heavy (non-hydrogen) atoms. The number of fused-ring (bicyclic) bond motifs is 10. The summed E-state index contributed by atoms with van der Waals surface area (Å²) >= 11 is 0. The second-order valence-corrected chi connectivity index (χ2v) is 17.2. The molecule has 15 heteroatoms. The molecule has 0 spiro atoms. The van der Waals surface area contributed by atoms with E-state index in [0.717, 1.165) is 53.9 Å². The van der Waals surface area contributed by atoms with Crippen LogP contribution >= 0.6 is 0 Å². The largest absolute Gasteiger partial charge is 0.382 e. The third-order valence-corrected chi connectivity index (χ3v) is 12.7. The van der Waals surface area contributed by atoms with Crippen molar-refractivity contribution < 1.29 is 32.0 Å². The third-order valence-electron chi connectivity index (χ3n) is 12.1. The number of Topliss-reactive ketones (excluding diaryl/α,β-unsaturated/α-hetero) is 1. The van der Waals surface area contributed by atoms with Crippen LogP contribution in [-0.2, 0) is 19.6 Å². The summed E-state index contributed by atoms with van der Waals surface area (Å²) in [7, 11) is -4.14. The standard InChI is InChI=1S/C47H35N5O9S/c1-2-60-18-3-4-38(53)24-5-15-34-37(23-24)52-43(49-34)30-11-7-26-27-8-12-31-42-32(13-9-28(40(27)42)29-10-14-33(47(52)56)41(30)39(26)29)46(55)51-36-16-6-25(22-35(36)50-44(31)51)45(54)48-17-19-61-20-21-62(57,58)59/h5-16,22-23H,2-4,17-21H2,1H3,(H,48,54)(H,57,58,59). The summed E-state index contributed by atoms with van der Waals surface area (Å²) in [6, 6.07) is 26.0. The first-order valence-corrected chi connectivity index (χ1v) is 21.9. The summed E-state index contributed by atoms with van der Waals surface area (Å²) < 4.78 is 44.5. The Hall–Kier alpha value is -6.91. The molecular formula is C47H35N5O9S. The van der Waals surface area contributed by atoms with Crippen LogP contribution in [0.5, 0.6) is 0 Å². The van der Waals surface area contributed by atoms with Crippen LogP contribution in [0.3, 0.4) is 0 Å². The molecule has 1 amide bonds. The minimum absolute atomic E-state index is 0.0173. The van der Waals surface area contributed by atoms with E-state index in [4.69, 9.17) is 24.0 Å². The zero-order chi connectivity index (χ0) is 42.6. The summed E-state index contributed by atoms with van der Waals surface area (Å²) in [5.74, 6) is -0.951. The van der Waals surface area contributed by atoms with Crippen LogP contribution < -0.4 is 16.4 Å². The van der Waals surface area contributed by atoms with E-state index in [2.05, 4.69) is 11.4 Å². The van der Waals surface area contributed by atoms with Crippen molar-refractivity contribution in [1.82, 2.24) is 24.1 Å². The fourth-order valence-electron chi connectivity index (χ4n) is 9.33. The van der Waals surface area contributed by atoms with E-state index < -0.39 is 21.8 Å². The van der Waals surface area contributed by atoms with Crippen LogP contribution in [-0.4, -0.2) is 82.2 Å². The molecule has 11 rings (SSSR count). The number of benzene rings is 7. The van der Waals surface area contributed by atoms with Gasteiger partial charge in [0.1, 0.15) is 11.3 Å². The van der Waals surface area contributed by atoms with Gasteiger partial charge in [-0.2, -0.15) is 8.42 Å². The lowest BCUT2D eigenvalue weighted by atomic mass is 9.86. The first-order valence-electron chi connectivity index (χ1n) is 20.3. The van der Waals surface area contributed by atoms with Crippen molar-refractivity contribution in [2.75, 3.05) is 38.7 Å². The highest BCUT2D eigenvalue weighted by molar-refractivity contribution is 7.85. The predicted octanol–water partition coefficient (Wildman–Crippen LogP) is 6.88. The Kier molecular flexibility index (Phi) is 8.63. The summed E-state index contributed by atoms with van der Waals surface area (Å²) in [6.07, 6.45) is 0.954. The molecule has 2 N–H and O–H groups in total. The summed E-state index contributed by atoms with van der Waals surface area (Å²) in [4.78, 5) is 65.0. The van der Waals surface area contributed by atoms with Crippen molar-refractivity contribution >= 4 is 120 Å². The molecule has 4 aromatic heterocycles. The number of aromatic nitrogens is 4. The Morgan fingerprint density at radius 2 is 1.18 bits per heavy atom. The van der Waals surface area contributed by atoms with Crippen LogP contribution in [0.15, 0.2) is 94.5 Å². The maximum atomic E-state index is 14.5. The van der Waals surface area contributed by atoms with E-state index in [0.29, 0.717) is 81.3 Å². The highest BCUT2D eigenvalue weighted by Crippen LogP contribution is 2.45. The van der Waals surface area contributed by atoms with Gasteiger partial charge in [-0.15, -0.1) is 0 Å². The van der Waals surface area contributed by atoms with E-state index in [1.54, 1.807) is 45.2 Å². The molecule has 0 saturated heterocycles. The summed E-state index contributed by atoms with van der Waals surface area (Å²) in [6.45, 7) is 2.98. The second-order valence-electron chi connectivity index (χ2n) is 15.6. The Morgan fingerprint density at radius 1 is 0.629 bits per heavy atom. The maximum absolute atomic E-state index is 14.5. The van der Waals surface area contributed by atoms with Gasteiger partial charge in [-0.3, -0.25) is 32.5 Å². The Morgan fingerprint density at radius 3 is 1.79 bits per heavy atom. The van der Waals surface area contributed by atoms with Crippen molar-refractivity contribution in [1.29, 1.82) is 0 Å². The minimum Gasteiger partial charge on any atom is -0.382 e. The minimum atomic E-state index is -4.14. The Labute approximate surface area is 350 Å². The number of amides is 1. The number of nitrogens with zero attached hydrogens (tertiary/aromatic N) is 4. The number of hydrogen-bond donors (Lipinski definition) is 2. The predicted molar refractivity (Wildman–Crippen MR) is 240 cm³/mol. The number of carbonyl (C=O) groups is 2. The highest BCUT2D eigenvalue weighted by Gasteiger charge is 2.25. The molecule has 0 unspecified atom stereocenters. The first kappa shape index (κ1) is 38.0. The molecule has 0 aliphatic heterocycles. The quantitative estimate of drug-likeness (QED) is 0.0405. The maximum Gasteiger partial charge on any atom is 0.267 e. The fourth-order valence-corrected chi connectivity index (χ4v) is 9.66. The number of imidazole rings is 2. The van der Waals surface area contributed by atoms with Gasteiger partial charge >= 0.3 is 0 Å². The monoisotopic (exact) mass is 845 g/mol. The van der Waals surface area contributed by atoms with Gasteiger partial charge in [0.05, 0.1) is 41.0 Å². The summed E-state index contributed by atoms with van der Waals surface area (Å²) in [5.41, 5.74) is 3.58. The number of pyridine rings is 2. The van der Waals surface area contributed by atoms with Crippen molar-refractivity contribution in [3.8, 4) is 0 Å². The molecule has 14 nitrogen and oxygen atoms in total. The van der Waals surface area contributed by atoms with Gasteiger partial charge in [0.25, 0.3) is 27.1 Å². The SMILES string of the molecule is CCOCCCC(=O)c1ccc2nc3c4ccc5c6ccc7c8c(ccc(c9ccc(c(=O)n3c2c1)c4c95)c68)c(=O)n1c2ccc(C(=O)NCCOCCS(=O)(=O)O)cc2nc71. The number of ketones is 1. The van der Waals surface area contributed by atoms with Gasteiger partial charge in [0.15, 0.2) is 5.78 Å². The molecule has 0 aliphatic rings. The zero-order valence-corrected chi connectivity index (χ0v) is 34.0. The zero-order valence-electron chi connectivity index (χ0n) is 33.2. The van der Waals surface area contributed by atoms with Crippen LogP contribution in [0, 0.1) is 0 Å². The van der Waals surface area contributed by atoms with Gasteiger partial charge in [-0.05, 0) is 106 Å². The van der Waals surface area contributed by atoms with E-state index in [1.165, 1.54) is 0 Å². The topological polar surface area (TPSA) is 188 Å². The molecule has 0 aliphatic carbocycles. The molecule has 0 radical (unpaired) electrons. The van der Waals surface area contributed by atoms with Gasteiger partial charge in [-0.25, -0.2) is 9.97 Å². The molecule has 0 fully saturated rings. The van der Waals surface area contributed by atoms with Gasteiger partial charge < -0.3 is 14.8 Å². The van der Waals surface area contributed by atoms with E-state index in [9.17, 15) is 27.6 Å². The highest BCUT2D eigenvalue weighted by atomic mass is 32.2. The van der Waals surface area contributed by atoms with Gasteiger partial charge in [-0.1, -0.05) is 24.3 Å². The molecule has 11 aromatic rings. The third kappa shape index (κ3) is 5.69. The number of nitrogens with one attached hydrogen (secondary N) is 1.